The van der Waals surface area contributed by atoms with Gasteiger partial charge in [0.15, 0.2) is 16.6 Å². The molecule has 9 heteroatoms. The summed E-state index contributed by atoms with van der Waals surface area (Å²) in [6.45, 7) is 6.89. The standard InChI is InChI=1S/C21H25N7OS/c1-25-8-10-26(11-9-25)18-6-7-19(24-23-18)27-12-14-28(15-13-27)21(29)20-22-16-4-2-3-5-17(16)30-20/h2-7H,8-15H2,1H3. The monoisotopic (exact) mass is 423 g/mol. The first-order chi connectivity index (χ1) is 14.7. The summed E-state index contributed by atoms with van der Waals surface area (Å²) >= 11 is 1.47. The topological polar surface area (TPSA) is 68.7 Å². The van der Waals surface area contributed by atoms with Crippen LogP contribution >= 0.6 is 11.3 Å². The van der Waals surface area contributed by atoms with Crippen LogP contribution < -0.4 is 9.80 Å². The lowest BCUT2D eigenvalue weighted by molar-refractivity contribution is 0.0746. The lowest BCUT2D eigenvalue weighted by Gasteiger charge is -2.35. The minimum Gasteiger partial charge on any atom is -0.353 e. The first-order valence-corrected chi connectivity index (χ1v) is 11.2. The maximum atomic E-state index is 12.9. The Morgan fingerprint density at radius 3 is 2.03 bits per heavy atom. The summed E-state index contributed by atoms with van der Waals surface area (Å²) in [5.41, 5.74) is 0.889. The van der Waals surface area contributed by atoms with E-state index in [4.69, 9.17) is 0 Å². The van der Waals surface area contributed by atoms with Crippen molar-refractivity contribution in [2.24, 2.45) is 0 Å². The van der Waals surface area contributed by atoms with Crippen LogP contribution in [0.25, 0.3) is 10.2 Å². The molecule has 0 spiro atoms. The number of nitrogens with zero attached hydrogens (tertiary/aromatic N) is 7. The third-order valence-corrected chi connectivity index (χ3v) is 6.86. The van der Waals surface area contributed by atoms with Gasteiger partial charge < -0.3 is 19.6 Å². The van der Waals surface area contributed by atoms with Crippen LogP contribution in [-0.2, 0) is 0 Å². The van der Waals surface area contributed by atoms with Crippen molar-refractivity contribution in [2.75, 3.05) is 69.2 Å². The Morgan fingerprint density at radius 2 is 1.43 bits per heavy atom. The third kappa shape index (κ3) is 3.82. The zero-order valence-corrected chi connectivity index (χ0v) is 17.9. The van der Waals surface area contributed by atoms with Crippen LogP contribution in [0.15, 0.2) is 36.4 Å². The second kappa shape index (κ2) is 8.16. The smallest absolute Gasteiger partial charge is 0.282 e. The molecular formula is C21H25N7OS. The molecular weight excluding hydrogens is 398 g/mol. The highest BCUT2D eigenvalue weighted by Crippen LogP contribution is 2.24. The molecule has 1 amide bonds. The number of rotatable bonds is 3. The van der Waals surface area contributed by atoms with E-state index >= 15 is 0 Å². The van der Waals surface area contributed by atoms with Gasteiger partial charge in [0.2, 0.25) is 0 Å². The highest BCUT2D eigenvalue weighted by molar-refractivity contribution is 7.20. The number of carbonyl (C=O) groups is 1. The van der Waals surface area contributed by atoms with Gasteiger partial charge in [-0.1, -0.05) is 12.1 Å². The second-order valence-corrected chi connectivity index (χ2v) is 8.84. The second-order valence-electron chi connectivity index (χ2n) is 7.81. The number of hydrogen-bond acceptors (Lipinski definition) is 8. The van der Waals surface area contributed by atoms with Gasteiger partial charge in [0.1, 0.15) is 0 Å². The highest BCUT2D eigenvalue weighted by Gasteiger charge is 2.25. The fourth-order valence-electron chi connectivity index (χ4n) is 3.93. The summed E-state index contributed by atoms with van der Waals surface area (Å²) in [6.07, 6.45) is 0. The third-order valence-electron chi connectivity index (χ3n) is 5.83. The molecule has 156 valence electrons. The lowest BCUT2D eigenvalue weighted by Crippen LogP contribution is -2.49. The maximum Gasteiger partial charge on any atom is 0.282 e. The average molecular weight is 424 g/mol. The summed E-state index contributed by atoms with van der Waals surface area (Å²) in [6, 6.07) is 12.0. The molecule has 0 atom stereocenters. The summed E-state index contributed by atoms with van der Waals surface area (Å²) in [5, 5.41) is 9.49. The van der Waals surface area contributed by atoms with Gasteiger partial charge in [0.25, 0.3) is 5.91 Å². The van der Waals surface area contributed by atoms with Crippen molar-refractivity contribution in [3.63, 3.8) is 0 Å². The van der Waals surface area contributed by atoms with Gasteiger partial charge in [0.05, 0.1) is 10.2 Å². The van der Waals surface area contributed by atoms with Crippen molar-refractivity contribution in [1.29, 1.82) is 0 Å². The molecule has 8 nitrogen and oxygen atoms in total. The van der Waals surface area contributed by atoms with Gasteiger partial charge in [-0.2, -0.15) is 0 Å². The van der Waals surface area contributed by atoms with Crippen molar-refractivity contribution in [2.45, 2.75) is 0 Å². The minimum absolute atomic E-state index is 0.0207. The zero-order valence-electron chi connectivity index (χ0n) is 17.1. The van der Waals surface area contributed by atoms with Crippen LogP contribution in [-0.4, -0.2) is 90.3 Å². The van der Waals surface area contributed by atoms with Crippen molar-refractivity contribution >= 4 is 39.1 Å². The van der Waals surface area contributed by atoms with Crippen LogP contribution in [0.3, 0.4) is 0 Å². The predicted octanol–water partition coefficient (Wildman–Crippen LogP) is 1.80. The number of thiazole rings is 1. The highest BCUT2D eigenvalue weighted by atomic mass is 32.1. The van der Waals surface area contributed by atoms with Gasteiger partial charge in [0, 0.05) is 52.4 Å². The van der Waals surface area contributed by atoms with Crippen molar-refractivity contribution in [3.05, 3.63) is 41.4 Å². The van der Waals surface area contributed by atoms with Crippen LogP contribution in [0.4, 0.5) is 11.6 Å². The zero-order chi connectivity index (χ0) is 20.5. The van der Waals surface area contributed by atoms with Crippen LogP contribution in [0.2, 0.25) is 0 Å². The molecule has 0 saturated carbocycles. The molecule has 2 aromatic heterocycles. The van der Waals surface area contributed by atoms with E-state index in [1.165, 1.54) is 11.3 Å². The Bertz CT molecular complexity index is 988. The number of para-hydroxylation sites is 1. The Labute approximate surface area is 179 Å². The molecule has 5 rings (SSSR count). The summed E-state index contributed by atoms with van der Waals surface area (Å²) in [7, 11) is 2.15. The number of amides is 1. The van der Waals surface area contributed by atoms with E-state index in [9.17, 15) is 4.79 Å². The predicted molar refractivity (Wildman–Crippen MR) is 119 cm³/mol. The quantitative estimate of drug-likeness (QED) is 0.636. The summed E-state index contributed by atoms with van der Waals surface area (Å²) in [4.78, 5) is 26.1. The average Bonchev–Trinajstić information content (AvgIpc) is 3.24. The van der Waals surface area contributed by atoms with E-state index in [1.54, 1.807) is 0 Å². The molecule has 2 aliphatic heterocycles. The van der Waals surface area contributed by atoms with Gasteiger partial charge in [-0.25, -0.2) is 4.98 Å². The molecule has 2 saturated heterocycles. The molecule has 30 heavy (non-hydrogen) atoms. The molecule has 0 aliphatic carbocycles. The Balaban J connectivity index is 1.20. The van der Waals surface area contributed by atoms with E-state index in [1.807, 2.05) is 35.2 Å². The minimum atomic E-state index is 0.0207. The van der Waals surface area contributed by atoms with Crippen molar-refractivity contribution in [3.8, 4) is 0 Å². The summed E-state index contributed by atoms with van der Waals surface area (Å²) in [5.74, 6) is 1.84. The SMILES string of the molecule is CN1CCN(c2ccc(N3CCN(C(=O)c4nc5ccccc5s4)CC3)nn2)CC1. The number of piperazine rings is 2. The van der Waals surface area contributed by atoms with Crippen LogP contribution in [0, 0.1) is 0 Å². The van der Waals surface area contributed by atoms with Gasteiger partial charge in [-0.3, -0.25) is 4.79 Å². The number of hydrogen-bond donors (Lipinski definition) is 0. The van der Waals surface area contributed by atoms with E-state index in [-0.39, 0.29) is 5.91 Å². The molecule has 2 fully saturated rings. The Hall–Kier alpha value is -2.78. The number of likely N-dealkylation sites (N-methyl/N-ethyl adjacent to an activating group) is 1. The van der Waals surface area contributed by atoms with E-state index in [0.29, 0.717) is 18.1 Å². The lowest BCUT2D eigenvalue weighted by atomic mass is 10.3. The molecule has 4 heterocycles. The maximum absolute atomic E-state index is 12.9. The van der Waals surface area contributed by atoms with Gasteiger partial charge >= 0.3 is 0 Å². The molecule has 0 radical (unpaired) electrons. The van der Waals surface area contributed by atoms with Crippen LogP contribution in [0.1, 0.15) is 9.80 Å². The number of carbonyl (C=O) groups excluding carboxylic acids is 1. The van der Waals surface area contributed by atoms with Crippen molar-refractivity contribution in [1.82, 2.24) is 25.0 Å². The Morgan fingerprint density at radius 1 is 0.833 bits per heavy atom. The molecule has 2 aliphatic rings. The molecule has 1 aromatic carbocycles. The molecule has 3 aromatic rings. The molecule has 0 N–H and O–H groups in total. The summed E-state index contributed by atoms with van der Waals surface area (Å²) < 4.78 is 1.05. The molecule has 0 bridgehead atoms. The Kier molecular flexibility index (Phi) is 5.22. The van der Waals surface area contributed by atoms with Gasteiger partial charge in [-0.15, -0.1) is 21.5 Å². The first-order valence-electron chi connectivity index (χ1n) is 10.3. The number of aromatic nitrogens is 3. The van der Waals surface area contributed by atoms with Crippen LogP contribution in [0.5, 0.6) is 0 Å². The van der Waals surface area contributed by atoms with E-state index in [2.05, 4.69) is 43.0 Å². The molecule has 0 unspecified atom stereocenters. The van der Waals surface area contributed by atoms with E-state index < -0.39 is 0 Å². The van der Waals surface area contributed by atoms with Gasteiger partial charge in [-0.05, 0) is 31.3 Å². The number of fused-ring (bicyclic) bond motifs is 1. The largest absolute Gasteiger partial charge is 0.353 e. The fourth-order valence-corrected chi connectivity index (χ4v) is 4.86. The number of anilines is 2. The number of benzene rings is 1. The fraction of sp³-hybridized carbons (Fsp3) is 0.429. The normalized spacial score (nSPS) is 18.2. The van der Waals surface area contributed by atoms with Crippen molar-refractivity contribution < 1.29 is 4.79 Å². The first kappa shape index (κ1) is 19.2. The van der Waals surface area contributed by atoms with E-state index in [0.717, 1.165) is 61.1 Å².